The molecule has 0 aliphatic heterocycles. The number of carbonyl (C=O) groups is 1. The SMILES string of the molecule is Cc1cc2c(NCCC(=O)N(C)C)nc(NN)nc2s1. The van der Waals surface area contributed by atoms with E-state index in [4.69, 9.17) is 5.84 Å². The lowest BCUT2D eigenvalue weighted by Gasteiger charge is -2.11. The van der Waals surface area contributed by atoms with Crippen molar-refractivity contribution in [1.29, 1.82) is 0 Å². The molecule has 0 atom stereocenters. The number of hydrogen-bond acceptors (Lipinski definition) is 7. The molecular weight excluding hydrogens is 276 g/mol. The van der Waals surface area contributed by atoms with Crippen molar-refractivity contribution in [3.05, 3.63) is 10.9 Å². The summed E-state index contributed by atoms with van der Waals surface area (Å²) >= 11 is 1.58. The molecule has 2 aromatic rings. The maximum absolute atomic E-state index is 11.5. The average molecular weight is 294 g/mol. The molecular formula is C12H18N6OS. The highest BCUT2D eigenvalue weighted by molar-refractivity contribution is 7.18. The summed E-state index contributed by atoms with van der Waals surface area (Å²) in [6.07, 6.45) is 0.410. The fraction of sp³-hybridized carbons (Fsp3) is 0.417. The molecule has 8 heteroatoms. The Morgan fingerprint density at radius 3 is 2.85 bits per heavy atom. The Balaban J connectivity index is 2.17. The normalized spacial score (nSPS) is 10.6. The van der Waals surface area contributed by atoms with E-state index in [1.54, 1.807) is 30.3 Å². The summed E-state index contributed by atoms with van der Waals surface area (Å²) in [5.74, 6) is 6.50. The lowest BCUT2D eigenvalue weighted by Crippen LogP contribution is -2.24. The van der Waals surface area contributed by atoms with Crippen LogP contribution in [0.25, 0.3) is 10.2 Å². The van der Waals surface area contributed by atoms with Gasteiger partial charge in [-0.3, -0.25) is 10.2 Å². The molecule has 4 N–H and O–H groups in total. The molecule has 0 radical (unpaired) electrons. The first kappa shape index (κ1) is 14.5. The molecule has 0 fully saturated rings. The molecule has 0 saturated heterocycles. The summed E-state index contributed by atoms with van der Waals surface area (Å²) < 4.78 is 0. The Bertz CT molecular complexity index is 624. The number of carbonyl (C=O) groups excluding carboxylic acids is 1. The molecule has 7 nitrogen and oxygen atoms in total. The van der Waals surface area contributed by atoms with Crippen LogP contribution in [0.4, 0.5) is 11.8 Å². The number of hydrogen-bond donors (Lipinski definition) is 3. The van der Waals surface area contributed by atoms with Crippen molar-refractivity contribution in [1.82, 2.24) is 14.9 Å². The van der Waals surface area contributed by atoms with Gasteiger partial charge in [-0.2, -0.15) is 4.98 Å². The Kier molecular flexibility index (Phi) is 4.35. The van der Waals surface area contributed by atoms with Gasteiger partial charge in [-0.15, -0.1) is 11.3 Å². The van der Waals surface area contributed by atoms with Crippen LogP contribution >= 0.6 is 11.3 Å². The van der Waals surface area contributed by atoms with Gasteiger partial charge >= 0.3 is 0 Å². The number of nitrogens with two attached hydrogens (primary N) is 1. The zero-order chi connectivity index (χ0) is 14.7. The van der Waals surface area contributed by atoms with Gasteiger partial charge in [0, 0.05) is 31.9 Å². The number of hydrazine groups is 1. The van der Waals surface area contributed by atoms with Gasteiger partial charge in [0.15, 0.2) is 0 Å². The summed E-state index contributed by atoms with van der Waals surface area (Å²) in [6, 6.07) is 2.02. The second kappa shape index (κ2) is 6.02. The lowest BCUT2D eigenvalue weighted by molar-refractivity contribution is -0.128. The molecule has 0 spiro atoms. The van der Waals surface area contributed by atoms with Crippen LogP contribution in [0.5, 0.6) is 0 Å². The predicted molar refractivity (Wildman–Crippen MR) is 81.8 cm³/mol. The first-order valence-electron chi connectivity index (χ1n) is 6.20. The Morgan fingerprint density at radius 1 is 1.45 bits per heavy atom. The maximum Gasteiger partial charge on any atom is 0.240 e. The topological polar surface area (TPSA) is 96.2 Å². The molecule has 0 saturated carbocycles. The van der Waals surface area contributed by atoms with Gasteiger partial charge in [0.05, 0.1) is 5.39 Å². The van der Waals surface area contributed by atoms with Crippen LogP contribution in [0.2, 0.25) is 0 Å². The third kappa shape index (κ3) is 3.14. The van der Waals surface area contributed by atoms with E-state index < -0.39 is 0 Å². The first-order valence-corrected chi connectivity index (χ1v) is 7.01. The lowest BCUT2D eigenvalue weighted by atomic mass is 10.3. The van der Waals surface area contributed by atoms with E-state index in [1.807, 2.05) is 13.0 Å². The largest absolute Gasteiger partial charge is 0.369 e. The van der Waals surface area contributed by atoms with E-state index in [1.165, 1.54) is 0 Å². The minimum absolute atomic E-state index is 0.0708. The minimum atomic E-state index is 0.0708. The molecule has 2 heterocycles. The van der Waals surface area contributed by atoms with Crippen LogP contribution in [-0.4, -0.2) is 41.4 Å². The number of nitrogen functional groups attached to an aromatic ring is 1. The van der Waals surface area contributed by atoms with Gasteiger partial charge in [0.25, 0.3) is 0 Å². The van der Waals surface area contributed by atoms with Crippen LogP contribution in [0.15, 0.2) is 6.07 Å². The Hall–Kier alpha value is -1.93. The highest BCUT2D eigenvalue weighted by atomic mass is 32.1. The van der Waals surface area contributed by atoms with Crippen molar-refractivity contribution in [2.45, 2.75) is 13.3 Å². The van der Waals surface area contributed by atoms with Gasteiger partial charge in [0.1, 0.15) is 10.6 Å². The van der Waals surface area contributed by atoms with E-state index in [0.29, 0.717) is 24.7 Å². The molecule has 0 aliphatic rings. The Labute approximate surface area is 121 Å². The summed E-state index contributed by atoms with van der Waals surface area (Å²) in [4.78, 5) is 23.7. The second-order valence-electron chi connectivity index (χ2n) is 4.58. The zero-order valence-corrected chi connectivity index (χ0v) is 12.5. The van der Waals surface area contributed by atoms with Crippen LogP contribution in [0, 0.1) is 6.92 Å². The highest BCUT2D eigenvalue weighted by Gasteiger charge is 2.11. The fourth-order valence-corrected chi connectivity index (χ4v) is 2.63. The summed E-state index contributed by atoms with van der Waals surface area (Å²) in [6.45, 7) is 2.53. The van der Waals surface area contributed by atoms with Gasteiger partial charge in [-0.05, 0) is 13.0 Å². The third-order valence-corrected chi connectivity index (χ3v) is 3.72. The van der Waals surface area contributed by atoms with E-state index in [0.717, 1.165) is 15.1 Å². The van der Waals surface area contributed by atoms with Crippen molar-refractivity contribution in [2.24, 2.45) is 5.84 Å². The number of nitrogens with zero attached hydrogens (tertiary/aromatic N) is 3. The molecule has 2 rings (SSSR count). The van der Waals surface area contributed by atoms with Crippen molar-refractivity contribution < 1.29 is 4.79 Å². The predicted octanol–water partition coefficient (Wildman–Crippen LogP) is 1.18. The Morgan fingerprint density at radius 2 is 2.20 bits per heavy atom. The van der Waals surface area contributed by atoms with Gasteiger partial charge in [0.2, 0.25) is 11.9 Å². The van der Waals surface area contributed by atoms with E-state index in [2.05, 4.69) is 20.7 Å². The van der Waals surface area contributed by atoms with Gasteiger partial charge in [-0.25, -0.2) is 10.8 Å². The molecule has 0 bridgehead atoms. The van der Waals surface area contributed by atoms with Crippen molar-refractivity contribution in [3.8, 4) is 0 Å². The number of aryl methyl sites for hydroxylation is 1. The zero-order valence-electron chi connectivity index (χ0n) is 11.7. The summed E-state index contributed by atoms with van der Waals surface area (Å²) in [5.41, 5.74) is 2.46. The molecule has 0 aliphatic carbocycles. The molecule has 108 valence electrons. The van der Waals surface area contributed by atoms with E-state index in [9.17, 15) is 4.79 Å². The number of anilines is 2. The summed E-state index contributed by atoms with van der Waals surface area (Å²) in [7, 11) is 3.48. The van der Waals surface area contributed by atoms with Crippen molar-refractivity contribution >= 4 is 39.2 Å². The number of aromatic nitrogens is 2. The minimum Gasteiger partial charge on any atom is -0.369 e. The smallest absolute Gasteiger partial charge is 0.240 e. The number of nitrogens with one attached hydrogen (secondary N) is 2. The highest BCUT2D eigenvalue weighted by Crippen LogP contribution is 2.29. The van der Waals surface area contributed by atoms with Crippen LogP contribution in [0.3, 0.4) is 0 Å². The van der Waals surface area contributed by atoms with Gasteiger partial charge < -0.3 is 10.2 Å². The monoisotopic (exact) mass is 294 g/mol. The number of rotatable bonds is 5. The molecule has 1 amide bonds. The van der Waals surface area contributed by atoms with Gasteiger partial charge in [-0.1, -0.05) is 0 Å². The molecule has 0 unspecified atom stereocenters. The summed E-state index contributed by atoms with van der Waals surface area (Å²) in [5, 5.41) is 4.12. The maximum atomic E-state index is 11.5. The molecule has 0 aromatic carbocycles. The van der Waals surface area contributed by atoms with E-state index >= 15 is 0 Å². The molecule has 2 aromatic heterocycles. The van der Waals surface area contributed by atoms with Crippen LogP contribution in [0.1, 0.15) is 11.3 Å². The average Bonchev–Trinajstić information content (AvgIpc) is 2.78. The first-order chi connectivity index (χ1) is 9.51. The van der Waals surface area contributed by atoms with Crippen molar-refractivity contribution in [2.75, 3.05) is 31.4 Å². The number of amides is 1. The number of thiophene rings is 1. The van der Waals surface area contributed by atoms with E-state index in [-0.39, 0.29) is 5.91 Å². The quantitative estimate of drug-likeness (QED) is 0.566. The van der Waals surface area contributed by atoms with Crippen molar-refractivity contribution in [3.63, 3.8) is 0 Å². The number of fused-ring (bicyclic) bond motifs is 1. The fourth-order valence-electron chi connectivity index (χ4n) is 1.75. The second-order valence-corrected chi connectivity index (χ2v) is 5.82. The van der Waals surface area contributed by atoms with Crippen LogP contribution < -0.4 is 16.6 Å². The van der Waals surface area contributed by atoms with Crippen LogP contribution in [-0.2, 0) is 4.79 Å². The standard InChI is InChI=1S/C12H18N6OS/c1-7-6-8-10(14-5-4-9(19)18(2)3)15-12(17-13)16-11(8)20-7/h6H,4-5,13H2,1-3H3,(H2,14,15,16,17). The molecule has 20 heavy (non-hydrogen) atoms. The third-order valence-electron chi connectivity index (χ3n) is 2.78.